The molecule has 4 heteroatoms. The standard InChI is InChI=1S/C17H32N4/c1-5-11-18-16(15-10-14-20(4)19-15)17(3,6-2)21-12-8-7-9-13-21/h10,14,16,18H,5-9,11-13H2,1-4H3. The van der Waals surface area contributed by atoms with Crippen molar-refractivity contribution in [1.29, 1.82) is 0 Å². The van der Waals surface area contributed by atoms with Gasteiger partial charge in [0.05, 0.1) is 11.7 Å². The van der Waals surface area contributed by atoms with Gasteiger partial charge in [-0.05, 0) is 58.3 Å². The second kappa shape index (κ2) is 7.41. The number of likely N-dealkylation sites (tertiary alicyclic amines) is 1. The predicted molar refractivity (Wildman–Crippen MR) is 88.4 cm³/mol. The maximum atomic E-state index is 4.70. The molecule has 2 heterocycles. The second-order valence-corrected chi connectivity index (χ2v) is 6.56. The molecule has 1 aromatic heterocycles. The van der Waals surface area contributed by atoms with Crippen molar-refractivity contribution in [3.05, 3.63) is 18.0 Å². The van der Waals surface area contributed by atoms with Crippen LogP contribution >= 0.6 is 0 Å². The van der Waals surface area contributed by atoms with Crippen LogP contribution in [0, 0.1) is 0 Å². The number of hydrogen-bond donors (Lipinski definition) is 1. The zero-order valence-corrected chi connectivity index (χ0v) is 14.2. The van der Waals surface area contributed by atoms with Crippen molar-refractivity contribution in [2.75, 3.05) is 19.6 Å². The molecule has 1 saturated heterocycles. The van der Waals surface area contributed by atoms with E-state index >= 15 is 0 Å². The Bertz CT molecular complexity index is 422. The molecular formula is C17H32N4. The minimum absolute atomic E-state index is 0.143. The lowest BCUT2D eigenvalue weighted by molar-refractivity contribution is 0.0410. The summed E-state index contributed by atoms with van der Waals surface area (Å²) in [6, 6.07) is 2.48. The highest BCUT2D eigenvalue weighted by molar-refractivity contribution is 5.14. The number of nitrogens with zero attached hydrogens (tertiary/aromatic N) is 3. The Morgan fingerprint density at radius 1 is 1.29 bits per heavy atom. The molecule has 0 spiro atoms. The number of aromatic nitrogens is 2. The van der Waals surface area contributed by atoms with Gasteiger partial charge in [-0.3, -0.25) is 9.58 Å². The second-order valence-electron chi connectivity index (χ2n) is 6.56. The highest BCUT2D eigenvalue weighted by Gasteiger charge is 2.40. The summed E-state index contributed by atoms with van der Waals surface area (Å²) in [4.78, 5) is 2.69. The summed E-state index contributed by atoms with van der Waals surface area (Å²) in [6.45, 7) is 10.5. The average molecular weight is 292 g/mol. The van der Waals surface area contributed by atoms with Crippen LogP contribution in [0.2, 0.25) is 0 Å². The highest BCUT2D eigenvalue weighted by atomic mass is 15.3. The summed E-state index contributed by atoms with van der Waals surface area (Å²) in [7, 11) is 2.00. The summed E-state index contributed by atoms with van der Waals surface area (Å²) in [5, 5.41) is 8.47. The maximum absolute atomic E-state index is 4.70. The first-order valence-electron chi connectivity index (χ1n) is 8.59. The van der Waals surface area contributed by atoms with Crippen LogP contribution < -0.4 is 5.32 Å². The summed E-state index contributed by atoms with van der Waals surface area (Å²) in [5.74, 6) is 0. The normalized spacial score (nSPS) is 21.1. The number of aryl methyl sites for hydroxylation is 1. The van der Waals surface area contributed by atoms with Crippen molar-refractivity contribution in [1.82, 2.24) is 20.0 Å². The third-order valence-electron chi connectivity index (χ3n) is 5.04. The fourth-order valence-corrected chi connectivity index (χ4v) is 3.53. The van der Waals surface area contributed by atoms with Gasteiger partial charge in [0.25, 0.3) is 0 Å². The first-order chi connectivity index (χ1) is 10.1. The smallest absolute Gasteiger partial charge is 0.0812 e. The van der Waals surface area contributed by atoms with Crippen LogP contribution in [-0.4, -0.2) is 39.9 Å². The zero-order chi connectivity index (χ0) is 15.3. The van der Waals surface area contributed by atoms with Crippen LogP contribution in [0.15, 0.2) is 12.3 Å². The number of rotatable bonds is 7. The molecule has 1 aliphatic heterocycles. The van der Waals surface area contributed by atoms with E-state index in [1.54, 1.807) is 0 Å². The zero-order valence-electron chi connectivity index (χ0n) is 14.2. The molecule has 0 radical (unpaired) electrons. The first-order valence-corrected chi connectivity index (χ1v) is 8.59. The molecule has 2 atom stereocenters. The van der Waals surface area contributed by atoms with E-state index in [1.165, 1.54) is 38.0 Å². The molecule has 0 bridgehead atoms. The molecule has 0 saturated carbocycles. The minimum atomic E-state index is 0.143. The van der Waals surface area contributed by atoms with Crippen molar-refractivity contribution >= 4 is 0 Å². The largest absolute Gasteiger partial charge is 0.307 e. The van der Waals surface area contributed by atoms with E-state index in [1.807, 2.05) is 11.7 Å². The van der Waals surface area contributed by atoms with E-state index in [2.05, 4.69) is 43.3 Å². The van der Waals surface area contributed by atoms with Crippen molar-refractivity contribution in [2.24, 2.45) is 7.05 Å². The molecule has 0 aliphatic carbocycles. The SMILES string of the molecule is CCCNC(c1ccn(C)n1)C(C)(CC)N1CCCCC1. The Labute approximate surface area is 129 Å². The highest BCUT2D eigenvalue weighted by Crippen LogP contribution is 2.35. The molecule has 1 aromatic rings. The van der Waals surface area contributed by atoms with Crippen LogP contribution in [0.1, 0.15) is 64.6 Å². The topological polar surface area (TPSA) is 33.1 Å². The molecule has 21 heavy (non-hydrogen) atoms. The van der Waals surface area contributed by atoms with Crippen LogP contribution in [0.3, 0.4) is 0 Å². The number of hydrogen-bond acceptors (Lipinski definition) is 3. The third-order valence-corrected chi connectivity index (χ3v) is 5.04. The van der Waals surface area contributed by atoms with Crippen LogP contribution in [0.25, 0.3) is 0 Å². The lowest BCUT2D eigenvalue weighted by Crippen LogP contribution is -2.56. The van der Waals surface area contributed by atoms with Gasteiger partial charge in [-0.2, -0.15) is 5.10 Å². The summed E-state index contributed by atoms with van der Waals surface area (Å²) in [5.41, 5.74) is 1.32. The van der Waals surface area contributed by atoms with E-state index in [-0.39, 0.29) is 5.54 Å². The minimum Gasteiger partial charge on any atom is -0.307 e. The Balaban J connectivity index is 2.26. The summed E-state index contributed by atoms with van der Waals surface area (Å²) >= 11 is 0. The Morgan fingerprint density at radius 2 is 2.00 bits per heavy atom. The maximum Gasteiger partial charge on any atom is 0.0812 e. The predicted octanol–water partition coefficient (Wildman–Crippen LogP) is 3.12. The molecule has 1 fully saturated rings. The monoisotopic (exact) mass is 292 g/mol. The van der Waals surface area contributed by atoms with Crippen LogP contribution in [0.4, 0.5) is 0 Å². The van der Waals surface area contributed by atoms with Gasteiger partial charge >= 0.3 is 0 Å². The van der Waals surface area contributed by atoms with E-state index in [0.717, 1.165) is 19.4 Å². The lowest BCUT2D eigenvalue weighted by atomic mass is 9.83. The van der Waals surface area contributed by atoms with Gasteiger partial charge < -0.3 is 5.32 Å². The van der Waals surface area contributed by atoms with Gasteiger partial charge in [-0.1, -0.05) is 20.3 Å². The Kier molecular flexibility index (Phi) is 5.82. The van der Waals surface area contributed by atoms with Gasteiger partial charge in [0, 0.05) is 18.8 Å². The molecule has 0 aromatic carbocycles. The van der Waals surface area contributed by atoms with Crippen LogP contribution in [-0.2, 0) is 7.05 Å². The Morgan fingerprint density at radius 3 is 2.52 bits per heavy atom. The molecule has 1 N–H and O–H groups in total. The average Bonchev–Trinajstić information content (AvgIpc) is 2.94. The molecule has 1 aliphatic rings. The lowest BCUT2D eigenvalue weighted by Gasteiger charge is -2.47. The number of nitrogens with one attached hydrogen (secondary N) is 1. The molecule has 2 unspecified atom stereocenters. The fraction of sp³-hybridized carbons (Fsp3) is 0.824. The molecular weight excluding hydrogens is 260 g/mol. The quantitative estimate of drug-likeness (QED) is 0.838. The summed E-state index contributed by atoms with van der Waals surface area (Å²) < 4.78 is 1.92. The van der Waals surface area contributed by atoms with E-state index in [0.29, 0.717) is 6.04 Å². The molecule has 2 rings (SSSR count). The van der Waals surface area contributed by atoms with Gasteiger partial charge in [0.15, 0.2) is 0 Å². The van der Waals surface area contributed by atoms with E-state index < -0.39 is 0 Å². The van der Waals surface area contributed by atoms with E-state index in [9.17, 15) is 0 Å². The van der Waals surface area contributed by atoms with Gasteiger partial charge in [0.1, 0.15) is 0 Å². The van der Waals surface area contributed by atoms with Crippen molar-refractivity contribution in [3.8, 4) is 0 Å². The molecule has 0 amide bonds. The van der Waals surface area contributed by atoms with E-state index in [4.69, 9.17) is 5.10 Å². The third kappa shape index (κ3) is 3.67. The number of piperidine rings is 1. The van der Waals surface area contributed by atoms with Crippen molar-refractivity contribution in [3.63, 3.8) is 0 Å². The first kappa shape index (κ1) is 16.5. The van der Waals surface area contributed by atoms with Gasteiger partial charge in [-0.15, -0.1) is 0 Å². The van der Waals surface area contributed by atoms with Crippen LogP contribution in [0.5, 0.6) is 0 Å². The molecule has 120 valence electrons. The fourth-order valence-electron chi connectivity index (χ4n) is 3.53. The Hall–Kier alpha value is -0.870. The molecule has 4 nitrogen and oxygen atoms in total. The van der Waals surface area contributed by atoms with Gasteiger partial charge in [0.2, 0.25) is 0 Å². The van der Waals surface area contributed by atoms with Crippen molar-refractivity contribution < 1.29 is 0 Å². The van der Waals surface area contributed by atoms with Crippen molar-refractivity contribution in [2.45, 2.75) is 64.5 Å². The summed E-state index contributed by atoms with van der Waals surface area (Å²) in [6.07, 6.45) is 8.40. The van der Waals surface area contributed by atoms with Gasteiger partial charge in [-0.25, -0.2) is 0 Å².